The first-order valence-electron chi connectivity index (χ1n) is 5.63. The van der Waals surface area contributed by atoms with Crippen molar-refractivity contribution in [3.05, 3.63) is 52.1 Å². The van der Waals surface area contributed by atoms with Crippen LogP contribution in [-0.2, 0) is 6.42 Å². The van der Waals surface area contributed by atoms with E-state index in [4.69, 9.17) is 0 Å². The lowest BCUT2D eigenvalue weighted by Crippen LogP contribution is -2.08. The van der Waals surface area contributed by atoms with E-state index in [0.29, 0.717) is 12.2 Å². The maximum absolute atomic E-state index is 10.9. The van der Waals surface area contributed by atoms with Gasteiger partial charge in [0.25, 0.3) is 5.69 Å². The zero-order valence-electron chi connectivity index (χ0n) is 10.0. The fourth-order valence-corrected chi connectivity index (χ4v) is 1.78. The first-order chi connectivity index (χ1) is 8.68. The summed E-state index contributed by atoms with van der Waals surface area (Å²) in [5.74, 6) is 0. The maximum atomic E-state index is 10.9. The van der Waals surface area contributed by atoms with Crippen molar-refractivity contribution in [1.82, 2.24) is 9.97 Å². The monoisotopic (exact) mass is 246 g/mol. The van der Waals surface area contributed by atoms with E-state index in [0.717, 1.165) is 17.7 Å². The molecule has 0 atom stereocenters. The van der Waals surface area contributed by atoms with Gasteiger partial charge < -0.3 is 10.3 Å². The number of nitro benzene ring substituents is 1. The van der Waals surface area contributed by atoms with Crippen LogP contribution in [0.1, 0.15) is 11.3 Å². The minimum atomic E-state index is -0.370. The molecule has 0 bridgehead atoms. The average molecular weight is 246 g/mol. The lowest BCUT2D eigenvalue weighted by atomic mass is 10.1. The Hall–Kier alpha value is -2.37. The van der Waals surface area contributed by atoms with Crippen molar-refractivity contribution in [2.45, 2.75) is 13.3 Å². The van der Waals surface area contributed by atoms with E-state index in [1.54, 1.807) is 18.6 Å². The molecule has 2 N–H and O–H groups in total. The summed E-state index contributed by atoms with van der Waals surface area (Å²) in [5, 5.41) is 14.0. The third-order valence-corrected chi connectivity index (χ3v) is 2.70. The van der Waals surface area contributed by atoms with Gasteiger partial charge in [-0.3, -0.25) is 10.1 Å². The molecule has 0 aliphatic rings. The summed E-state index contributed by atoms with van der Waals surface area (Å²) in [6.45, 7) is 2.47. The molecule has 6 heteroatoms. The van der Waals surface area contributed by atoms with Crippen LogP contribution < -0.4 is 5.32 Å². The highest BCUT2D eigenvalue weighted by Gasteiger charge is 2.14. The lowest BCUT2D eigenvalue weighted by Gasteiger charge is -2.09. The van der Waals surface area contributed by atoms with Crippen LogP contribution in [0, 0.1) is 17.0 Å². The van der Waals surface area contributed by atoms with E-state index in [9.17, 15) is 10.1 Å². The number of hydrogen-bond donors (Lipinski definition) is 2. The molecule has 0 aliphatic heterocycles. The Bertz CT molecular complexity index is 537. The Morgan fingerprint density at radius 2 is 2.33 bits per heavy atom. The smallest absolute Gasteiger partial charge is 0.292 e. The van der Waals surface area contributed by atoms with E-state index in [1.807, 2.05) is 13.0 Å². The first-order valence-corrected chi connectivity index (χ1v) is 5.63. The molecule has 0 saturated heterocycles. The molecule has 0 aliphatic carbocycles. The number of hydrogen-bond acceptors (Lipinski definition) is 4. The van der Waals surface area contributed by atoms with E-state index in [1.165, 1.54) is 6.07 Å². The fraction of sp³-hybridized carbons (Fsp3) is 0.250. The summed E-state index contributed by atoms with van der Waals surface area (Å²) in [6.07, 6.45) is 4.10. The van der Waals surface area contributed by atoms with Gasteiger partial charge in [0.05, 0.1) is 11.3 Å². The molecule has 1 aromatic carbocycles. The molecule has 94 valence electrons. The summed E-state index contributed by atoms with van der Waals surface area (Å²) in [5.41, 5.74) is 2.56. The number of imidazole rings is 1. The van der Waals surface area contributed by atoms with Crippen LogP contribution in [0.4, 0.5) is 11.4 Å². The Morgan fingerprint density at radius 1 is 1.50 bits per heavy atom. The molecule has 0 radical (unpaired) electrons. The second-order valence-corrected chi connectivity index (χ2v) is 3.98. The molecule has 2 aromatic rings. The molecule has 18 heavy (non-hydrogen) atoms. The van der Waals surface area contributed by atoms with Crippen LogP contribution in [0.2, 0.25) is 0 Å². The molecule has 0 fully saturated rings. The number of aromatic nitrogens is 2. The van der Waals surface area contributed by atoms with Gasteiger partial charge in [0.1, 0.15) is 5.69 Å². The number of nitrogens with zero attached hydrogens (tertiary/aromatic N) is 2. The molecule has 2 rings (SSSR count). The summed E-state index contributed by atoms with van der Waals surface area (Å²) in [4.78, 5) is 17.5. The zero-order valence-corrected chi connectivity index (χ0v) is 10.0. The van der Waals surface area contributed by atoms with Crippen LogP contribution in [-0.4, -0.2) is 21.4 Å². The second kappa shape index (κ2) is 5.31. The largest absolute Gasteiger partial charge is 0.379 e. The van der Waals surface area contributed by atoms with Crippen LogP contribution in [0.15, 0.2) is 30.7 Å². The highest BCUT2D eigenvalue weighted by atomic mass is 16.6. The molecular formula is C12H14N4O2. The third-order valence-electron chi connectivity index (χ3n) is 2.70. The van der Waals surface area contributed by atoms with Gasteiger partial charge in [-0.05, 0) is 12.5 Å². The molecule has 1 aromatic heterocycles. The average Bonchev–Trinajstić information content (AvgIpc) is 2.84. The number of aryl methyl sites for hydroxylation is 1. The molecule has 0 amide bonds. The van der Waals surface area contributed by atoms with Gasteiger partial charge in [-0.2, -0.15) is 0 Å². The van der Waals surface area contributed by atoms with Gasteiger partial charge >= 0.3 is 0 Å². The molecule has 6 nitrogen and oxygen atoms in total. The van der Waals surface area contributed by atoms with E-state index in [2.05, 4.69) is 15.3 Å². The normalized spacial score (nSPS) is 10.3. The number of H-pyrrole nitrogens is 1. The van der Waals surface area contributed by atoms with Crippen LogP contribution in [0.25, 0.3) is 0 Å². The molecule has 1 heterocycles. The number of nitro groups is 1. The third kappa shape index (κ3) is 2.65. The number of benzene rings is 1. The predicted octanol–water partition coefficient (Wildman–Crippen LogP) is 2.28. The van der Waals surface area contributed by atoms with Gasteiger partial charge in [-0.25, -0.2) is 4.98 Å². The summed E-state index contributed by atoms with van der Waals surface area (Å²) in [6, 6.07) is 5.05. The fourth-order valence-electron chi connectivity index (χ4n) is 1.78. The molecule has 0 saturated carbocycles. The first kappa shape index (κ1) is 12.1. The van der Waals surface area contributed by atoms with Gasteiger partial charge in [-0.1, -0.05) is 12.1 Å². The standard InChI is InChI=1S/C12H14N4O2/c1-9-3-2-4-11(16(17)18)12(9)14-6-5-10-7-13-8-15-10/h2-4,7-8,14H,5-6H2,1H3,(H,13,15). The summed E-state index contributed by atoms with van der Waals surface area (Å²) >= 11 is 0. The number of para-hydroxylation sites is 1. The Balaban J connectivity index is 2.06. The van der Waals surface area contributed by atoms with Crippen molar-refractivity contribution in [1.29, 1.82) is 0 Å². The topological polar surface area (TPSA) is 83.8 Å². The van der Waals surface area contributed by atoms with Gasteiger partial charge in [-0.15, -0.1) is 0 Å². The lowest BCUT2D eigenvalue weighted by molar-refractivity contribution is -0.384. The molecular weight excluding hydrogens is 232 g/mol. The van der Waals surface area contributed by atoms with Gasteiger partial charge in [0.2, 0.25) is 0 Å². The van der Waals surface area contributed by atoms with Crippen LogP contribution in [0.5, 0.6) is 0 Å². The van der Waals surface area contributed by atoms with Crippen molar-refractivity contribution < 1.29 is 4.92 Å². The highest BCUT2D eigenvalue weighted by molar-refractivity contribution is 5.65. The number of rotatable bonds is 5. The van der Waals surface area contributed by atoms with Crippen LogP contribution >= 0.6 is 0 Å². The Kier molecular flexibility index (Phi) is 3.57. The number of aromatic amines is 1. The Labute approximate surface area is 104 Å². The maximum Gasteiger partial charge on any atom is 0.292 e. The van der Waals surface area contributed by atoms with Crippen molar-refractivity contribution in [3.8, 4) is 0 Å². The van der Waals surface area contributed by atoms with Gasteiger partial charge in [0, 0.05) is 30.9 Å². The van der Waals surface area contributed by atoms with Crippen molar-refractivity contribution in [3.63, 3.8) is 0 Å². The molecule has 0 unspecified atom stereocenters. The van der Waals surface area contributed by atoms with E-state index >= 15 is 0 Å². The SMILES string of the molecule is Cc1cccc([N+](=O)[O-])c1NCCc1cnc[nH]1. The predicted molar refractivity (Wildman–Crippen MR) is 68.6 cm³/mol. The van der Waals surface area contributed by atoms with E-state index < -0.39 is 0 Å². The molecule has 0 spiro atoms. The van der Waals surface area contributed by atoms with Crippen molar-refractivity contribution >= 4 is 11.4 Å². The van der Waals surface area contributed by atoms with Crippen molar-refractivity contribution in [2.75, 3.05) is 11.9 Å². The highest BCUT2D eigenvalue weighted by Crippen LogP contribution is 2.27. The minimum absolute atomic E-state index is 0.111. The Morgan fingerprint density at radius 3 is 3.00 bits per heavy atom. The zero-order chi connectivity index (χ0) is 13.0. The number of nitrogens with one attached hydrogen (secondary N) is 2. The summed E-state index contributed by atoms with van der Waals surface area (Å²) in [7, 11) is 0. The second-order valence-electron chi connectivity index (χ2n) is 3.98. The van der Waals surface area contributed by atoms with Gasteiger partial charge in [0.15, 0.2) is 0 Å². The quantitative estimate of drug-likeness (QED) is 0.626. The number of anilines is 1. The summed E-state index contributed by atoms with van der Waals surface area (Å²) < 4.78 is 0. The van der Waals surface area contributed by atoms with Crippen molar-refractivity contribution in [2.24, 2.45) is 0 Å². The van der Waals surface area contributed by atoms with E-state index in [-0.39, 0.29) is 10.6 Å². The minimum Gasteiger partial charge on any atom is -0.379 e. The van der Waals surface area contributed by atoms with Crippen LogP contribution in [0.3, 0.4) is 0 Å².